The van der Waals surface area contributed by atoms with Crippen molar-refractivity contribution in [3.8, 4) is 11.6 Å². The summed E-state index contributed by atoms with van der Waals surface area (Å²) in [4.78, 5) is 18.8. The molecule has 0 radical (unpaired) electrons. The lowest BCUT2D eigenvalue weighted by atomic mass is 10.0. The van der Waals surface area contributed by atoms with Gasteiger partial charge >= 0.3 is 0 Å². The summed E-state index contributed by atoms with van der Waals surface area (Å²) in [5.41, 5.74) is 0.0576. The van der Waals surface area contributed by atoms with E-state index in [9.17, 15) is 9.90 Å². The second-order valence-corrected chi connectivity index (χ2v) is 6.59. The molecule has 0 aliphatic heterocycles. The molecule has 2 aromatic rings. The third-order valence-electron chi connectivity index (χ3n) is 3.42. The molecule has 2 rings (SSSR count). The van der Waals surface area contributed by atoms with Gasteiger partial charge in [-0.25, -0.2) is 0 Å². The predicted octanol–water partition coefficient (Wildman–Crippen LogP) is 3.81. The number of nitrogens with one attached hydrogen (secondary N) is 1. The Morgan fingerprint density at radius 2 is 2.09 bits per heavy atom. The minimum Gasteiger partial charge on any atom is -0.493 e. The van der Waals surface area contributed by atoms with Crippen molar-refractivity contribution in [2.45, 2.75) is 31.3 Å². The number of benzene rings is 1. The first-order chi connectivity index (χ1) is 11.0. The van der Waals surface area contributed by atoms with Gasteiger partial charge in [0.1, 0.15) is 5.75 Å². The Hall–Kier alpha value is -1.66. The molecule has 0 aliphatic rings. The Morgan fingerprint density at radius 3 is 2.70 bits per heavy atom. The van der Waals surface area contributed by atoms with Crippen molar-refractivity contribution in [2.24, 2.45) is 0 Å². The van der Waals surface area contributed by atoms with E-state index >= 15 is 0 Å². The van der Waals surface area contributed by atoms with Crippen molar-refractivity contribution in [3.05, 3.63) is 45.2 Å². The fourth-order valence-corrected chi connectivity index (χ4v) is 2.80. The van der Waals surface area contributed by atoms with E-state index in [1.807, 2.05) is 13.8 Å². The van der Waals surface area contributed by atoms with Crippen LogP contribution in [0.15, 0.2) is 34.2 Å². The van der Waals surface area contributed by atoms with Crippen LogP contribution in [0.1, 0.15) is 31.7 Å². The first kappa shape index (κ1) is 17.7. The van der Waals surface area contributed by atoms with Crippen LogP contribution in [0, 0.1) is 0 Å². The molecule has 1 aromatic heterocycles. The van der Waals surface area contributed by atoms with E-state index in [-0.39, 0.29) is 17.4 Å². The number of hydrogen-bond acceptors (Lipinski definition) is 5. The summed E-state index contributed by atoms with van der Waals surface area (Å²) < 4.78 is 5.56. The molecule has 0 saturated heterocycles. The molecule has 1 aromatic carbocycles. The van der Waals surface area contributed by atoms with Gasteiger partial charge in [0, 0.05) is 10.8 Å². The number of aromatic nitrogens is 2. The number of thioether (sulfide) groups is 1. The van der Waals surface area contributed by atoms with Gasteiger partial charge in [-0.3, -0.25) is 4.79 Å². The molecule has 0 aliphatic carbocycles. The third-order valence-corrected chi connectivity index (χ3v) is 4.51. The van der Waals surface area contributed by atoms with Gasteiger partial charge in [-0.05, 0) is 36.6 Å². The van der Waals surface area contributed by atoms with Crippen molar-refractivity contribution in [1.29, 1.82) is 0 Å². The zero-order valence-corrected chi connectivity index (χ0v) is 14.6. The molecule has 0 bridgehead atoms. The largest absolute Gasteiger partial charge is 0.493 e. The van der Waals surface area contributed by atoms with Crippen molar-refractivity contribution >= 4 is 23.4 Å². The van der Waals surface area contributed by atoms with Gasteiger partial charge in [-0.1, -0.05) is 37.2 Å². The standard InChI is InChI=1S/C16H19ClN2O3S/c1-3-10(2)13-14(20)18-16(19-15(13)21)23-9-8-22-12-6-4-11(17)5-7-12/h4-7,10H,3,8-9H2,1-2H3,(H2,18,19,20,21). The summed E-state index contributed by atoms with van der Waals surface area (Å²) >= 11 is 7.12. The molecule has 23 heavy (non-hydrogen) atoms. The van der Waals surface area contributed by atoms with Crippen LogP contribution in [-0.2, 0) is 0 Å². The molecule has 1 heterocycles. The first-order valence-electron chi connectivity index (χ1n) is 7.35. The quantitative estimate of drug-likeness (QED) is 0.449. The molecule has 0 saturated carbocycles. The fraction of sp³-hybridized carbons (Fsp3) is 0.375. The zero-order chi connectivity index (χ0) is 16.8. The van der Waals surface area contributed by atoms with Crippen LogP contribution in [-0.4, -0.2) is 27.4 Å². The van der Waals surface area contributed by atoms with Gasteiger partial charge in [0.05, 0.1) is 12.2 Å². The highest BCUT2D eigenvalue weighted by Crippen LogP contribution is 2.24. The average molecular weight is 355 g/mol. The van der Waals surface area contributed by atoms with Crippen molar-refractivity contribution in [1.82, 2.24) is 9.97 Å². The maximum absolute atomic E-state index is 12.0. The Labute approximate surface area is 144 Å². The molecular weight excluding hydrogens is 336 g/mol. The van der Waals surface area contributed by atoms with Gasteiger partial charge in [0.15, 0.2) is 5.16 Å². The monoisotopic (exact) mass is 354 g/mol. The number of aromatic hydroxyl groups is 1. The molecule has 2 N–H and O–H groups in total. The lowest BCUT2D eigenvalue weighted by Gasteiger charge is -2.10. The SMILES string of the molecule is CCC(C)c1c(O)nc(SCCOc2ccc(Cl)cc2)[nH]c1=O. The average Bonchev–Trinajstić information content (AvgIpc) is 2.52. The van der Waals surface area contributed by atoms with Crippen LogP contribution in [0.4, 0.5) is 0 Å². The maximum atomic E-state index is 12.0. The maximum Gasteiger partial charge on any atom is 0.258 e. The van der Waals surface area contributed by atoms with Gasteiger partial charge in [-0.2, -0.15) is 4.98 Å². The number of rotatable bonds is 7. The Morgan fingerprint density at radius 1 is 1.39 bits per heavy atom. The number of nitrogens with zero attached hydrogens (tertiary/aromatic N) is 1. The topological polar surface area (TPSA) is 75.2 Å². The number of ether oxygens (including phenoxy) is 1. The summed E-state index contributed by atoms with van der Waals surface area (Å²) in [6, 6.07) is 7.10. The van der Waals surface area contributed by atoms with Crippen LogP contribution in [0.5, 0.6) is 11.6 Å². The van der Waals surface area contributed by atoms with E-state index < -0.39 is 0 Å². The highest BCUT2D eigenvalue weighted by atomic mass is 35.5. The highest BCUT2D eigenvalue weighted by molar-refractivity contribution is 7.99. The smallest absolute Gasteiger partial charge is 0.258 e. The van der Waals surface area contributed by atoms with E-state index in [0.29, 0.717) is 28.1 Å². The summed E-state index contributed by atoms with van der Waals surface area (Å²) in [6.45, 7) is 4.29. The molecule has 0 fully saturated rings. The van der Waals surface area contributed by atoms with Crippen LogP contribution >= 0.6 is 23.4 Å². The molecule has 1 unspecified atom stereocenters. The number of hydrogen-bond donors (Lipinski definition) is 2. The van der Waals surface area contributed by atoms with Gasteiger partial charge < -0.3 is 14.8 Å². The normalized spacial score (nSPS) is 12.1. The number of H-pyrrole nitrogens is 1. The van der Waals surface area contributed by atoms with E-state index in [0.717, 1.165) is 12.2 Å². The molecule has 1 atom stereocenters. The Balaban J connectivity index is 1.91. The summed E-state index contributed by atoms with van der Waals surface area (Å²) in [7, 11) is 0. The highest BCUT2D eigenvalue weighted by Gasteiger charge is 2.16. The van der Waals surface area contributed by atoms with Crippen molar-refractivity contribution in [3.63, 3.8) is 0 Å². The van der Waals surface area contributed by atoms with E-state index in [1.54, 1.807) is 24.3 Å². The van der Waals surface area contributed by atoms with E-state index in [2.05, 4.69) is 9.97 Å². The molecular formula is C16H19ClN2O3S. The summed E-state index contributed by atoms with van der Waals surface area (Å²) in [5.74, 6) is 1.10. The second kappa shape index (κ2) is 8.26. The van der Waals surface area contributed by atoms with Crippen LogP contribution in [0.25, 0.3) is 0 Å². The lowest BCUT2D eigenvalue weighted by Crippen LogP contribution is -2.17. The van der Waals surface area contributed by atoms with Crippen molar-refractivity contribution in [2.75, 3.05) is 12.4 Å². The molecule has 0 spiro atoms. The zero-order valence-electron chi connectivity index (χ0n) is 13.0. The molecule has 0 amide bonds. The Kier molecular flexibility index (Phi) is 6.36. The molecule has 5 nitrogen and oxygen atoms in total. The first-order valence-corrected chi connectivity index (χ1v) is 8.72. The van der Waals surface area contributed by atoms with Crippen LogP contribution in [0.3, 0.4) is 0 Å². The van der Waals surface area contributed by atoms with E-state index in [4.69, 9.17) is 16.3 Å². The van der Waals surface area contributed by atoms with Gasteiger partial charge in [-0.15, -0.1) is 0 Å². The number of aromatic amines is 1. The fourth-order valence-electron chi connectivity index (χ4n) is 2.00. The third kappa shape index (κ3) is 4.91. The second-order valence-electron chi connectivity index (χ2n) is 5.07. The van der Waals surface area contributed by atoms with Crippen LogP contribution in [0.2, 0.25) is 5.02 Å². The number of halogens is 1. The van der Waals surface area contributed by atoms with Crippen LogP contribution < -0.4 is 10.3 Å². The lowest BCUT2D eigenvalue weighted by molar-refractivity contribution is 0.344. The minimum atomic E-state index is -0.284. The predicted molar refractivity (Wildman–Crippen MR) is 92.9 cm³/mol. The summed E-state index contributed by atoms with van der Waals surface area (Å²) in [6.07, 6.45) is 0.764. The Bertz CT molecular complexity index is 703. The molecule has 124 valence electrons. The van der Waals surface area contributed by atoms with E-state index in [1.165, 1.54) is 11.8 Å². The summed E-state index contributed by atoms with van der Waals surface area (Å²) in [5, 5.41) is 11.0. The van der Waals surface area contributed by atoms with Gasteiger partial charge in [0.25, 0.3) is 5.56 Å². The minimum absolute atomic E-state index is 0.0291. The van der Waals surface area contributed by atoms with Gasteiger partial charge in [0.2, 0.25) is 5.88 Å². The molecule has 7 heteroatoms. The van der Waals surface area contributed by atoms with Crippen molar-refractivity contribution < 1.29 is 9.84 Å².